The first-order chi connectivity index (χ1) is 14.4. The molecule has 1 N–H and O–H groups in total. The van der Waals surface area contributed by atoms with Crippen molar-refractivity contribution in [1.82, 2.24) is 5.32 Å². The van der Waals surface area contributed by atoms with E-state index in [1.165, 1.54) is 0 Å². The van der Waals surface area contributed by atoms with Gasteiger partial charge in [0.1, 0.15) is 6.04 Å². The molecule has 0 radical (unpaired) electrons. The molecule has 2 aromatic carbocycles. The second kappa shape index (κ2) is 9.57. The van der Waals surface area contributed by atoms with E-state index in [2.05, 4.69) is 5.32 Å². The number of fused-ring (bicyclic) bond motifs is 1. The summed E-state index contributed by atoms with van der Waals surface area (Å²) >= 11 is 0. The Bertz CT molecular complexity index is 921. The van der Waals surface area contributed by atoms with Gasteiger partial charge in [-0.1, -0.05) is 49.7 Å². The van der Waals surface area contributed by atoms with Crippen molar-refractivity contribution < 1.29 is 19.1 Å². The Kier molecular flexibility index (Phi) is 6.87. The topological polar surface area (TPSA) is 75.7 Å². The van der Waals surface area contributed by atoms with Crippen LogP contribution in [0.1, 0.15) is 41.8 Å². The molecule has 1 heterocycles. The van der Waals surface area contributed by atoms with Gasteiger partial charge in [0, 0.05) is 17.8 Å². The van der Waals surface area contributed by atoms with Crippen molar-refractivity contribution in [2.24, 2.45) is 5.92 Å². The monoisotopic (exact) mass is 408 g/mol. The number of rotatable bonds is 6. The summed E-state index contributed by atoms with van der Waals surface area (Å²) in [4.78, 5) is 39.5. The van der Waals surface area contributed by atoms with Crippen molar-refractivity contribution in [2.75, 3.05) is 18.1 Å². The van der Waals surface area contributed by atoms with Crippen molar-refractivity contribution in [3.8, 4) is 0 Å². The lowest BCUT2D eigenvalue weighted by Crippen LogP contribution is -2.46. The number of amides is 2. The fourth-order valence-electron chi connectivity index (χ4n) is 3.52. The maximum Gasteiger partial charge on any atom is 0.329 e. The van der Waals surface area contributed by atoms with Crippen LogP contribution in [0.15, 0.2) is 48.5 Å². The molecule has 0 saturated carbocycles. The predicted molar refractivity (Wildman–Crippen MR) is 115 cm³/mol. The number of nitrogens with one attached hydrogen (secondary N) is 1. The Morgan fingerprint density at radius 2 is 1.77 bits per heavy atom. The highest BCUT2D eigenvalue weighted by atomic mass is 16.5. The zero-order valence-electron chi connectivity index (χ0n) is 17.7. The third-order valence-corrected chi connectivity index (χ3v) is 5.27. The molecule has 0 spiro atoms. The number of carbonyl (C=O) groups is 3. The summed E-state index contributed by atoms with van der Waals surface area (Å²) in [6.45, 7) is 5.84. The van der Waals surface area contributed by atoms with Crippen LogP contribution in [0.4, 0.5) is 5.69 Å². The molecule has 30 heavy (non-hydrogen) atoms. The highest BCUT2D eigenvalue weighted by molar-refractivity contribution is 5.98. The number of para-hydroxylation sites is 1. The minimum absolute atomic E-state index is 0.183. The minimum atomic E-state index is -0.833. The van der Waals surface area contributed by atoms with Crippen LogP contribution in [-0.2, 0) is 20.7 Å². The number of carbonyl (C=O) groups excluding carboxylic acids is 3. The first kappa shape index (κ1) is 21.6. The first-order valence-corrected chi connectivity index (χ1v) is 10.3. The molecule has 0 aromatic heterocycles. The third kappa shape index (κ3) is 5.06. The number of hydrogen-bond donors (Lipinski definition) is 1. The zero-order chi connectivity index (χ0) is 21.7. The fraction of sp³-hybridized carbons (Fsp3) is 0.375. The molecular formula is C24H28N2O4. The lowest BCUT2D eigenvalue weighted by atomic mass is 10.0. The van der Waals surface area contributed by atoms with Crippen molar-refractivity contribution in [3.63, 3.8) is 0 Å². The first-order valence-electron chi connectivity index (χ1n) is 10.3. The summed E-state index contributed by atoms with van der Waals surface area (Å²) in [5.74, 6) is -1.40. The van der Waals surface area contributed by atoms with Crippen LogP contribution in [0.25, 0.3) is 0 Å². The van der Waals surface area contributed by atoms with E-state index in [0.717, 1.165) is 29.7 Å². The molecule has 1 aliphatic heterocycles. The van der Waals surface area contributed by atoms with Crippen LogP contribution in [0.3, 0.4) is 0 Å². The molecule has 3 rings (SSSR count). The van der Waals surface area contributed by atoms with E-state index in [9.17, 15) is 14.4 Å². The molecule has 2 amide bonds. The number of hydrogen-bond acceptors (Lipinski definition) is 4. The van der Waals surface area contributed by atoms with Crippen LogP contribution in [-0.4, -0.2) is 37.0 Å². The smallest absolute Gasteiger partial charge is 0.329 e. The number of ether oxygens (including phenoxy) is 1. The van der Waals surface area contributed by atoms with Gasteiger partial charge in [-0.2, -0.15) is 0 Å². The summed E-state index contributed by atoms with van der Waals surface area (Å²) in [6.07, 6.45) is 1.80. The van der Waals surface area contributed by atoms with Gasteiger partial charge in [0.25, 0.3) is 11.8 Å². The van der Waals surface area contributed by atoms with E-state index in [1.54, 1.807) is 17.0 Å². The van der Waals surface area contributed by atoms with Gasteiger partial charge in [-0.15, -0.1) is 0 Å². The molecule has 0 fully saturated rings. The predicted octanol–water partition coefficient (Wildman–Crippen LogP) is 3.27. The molecule has 158 valence electrons. The van der Waals surface area contributed by atoms with E-state index in [1.807, 2.05) is 57.2 Å². The van der Waals surface area contributed by atoms with Crippen molar-refractivity contribution in [3.05, 3.63) is 65.2 Å². The van der Waals surface area contributed by atoms with Crippen molar-refractivity contribution >= 4 is 23.5 Å². The molecule has 1 aliphatic rings. The van der Waals surface area contributed by atoms with E-state index >= 15 is 0 Å². The summed E-state index contributed by atoms with van der Waals surface area (Å²) in [7, 11) is 0. The van der Waals surface area contributed by atoms with Gasteiger partial charge in [0.15, 0.2) is 6.61 Å². The maximum atomic E-state index is 12.7. The Hall–Kier alpha value is -3.15. The Balaban J connectivity index is 1.61. The molecule has 0 unspecified atom stereocenters. The molecule has 2 aromatic rings. The largest absolute Gasteiger partial charge is 0.454 e. The van der Waals surface area contributed by atoms with Gasteiger partial charge in [-0.25, -0.2) is 4.79 Å². The summed E-state index contributed by atoms with van der Waals surface area (Å²) in [5, 5.41) is 2.73. The Labute approximate surface area is 177 Å². The molecule has 0 saturated heterocycles. The number of nitrogens with zero attached hydrogens (tertiary/aromatic N) is 1. The van der Waals surface area contributed by atoms with Crippen LogP contribution >= 0.6 is 0 Å². The van der Waals surface area contributed by atoms with E-state index in [4.69, 9.17) is 4.74 Å². The van der Waals surface area contributed by atoms with Gasteiger partial charge in [0.05, 0.1) is 0 Å². The van der Waals surface area contributed by atoms with E-state index < -0.39 is 12.0 Å². The van der Waals surface area contributed by atoms with Gasteiger partial charge in [-0.3, -0.25) is 9.59 Å². The van der Waals surface area contributed by atoms with Crippen LogP contribution in [0.2, 0.25) is 0 Å². The Morgan fingerprint density at radius 1 is 1.07 bits per heavy atom. The highest BCUT2D eigenvalue weighted by Crippen LogP contribution is 2.26. The average molecular weight is 408 g/mol. The summed E-state index contributed by atoms with van der Waals surface area (Å²) in [5.41, 5.74) is 3.51. The number of anilines is 1. The number of esters is 1. The maximum absolute atomic E-state index is 12.7. The number of aryl methyl sites for hydroxylation is 2. The van der Waals surface area contributed by atoms with Gasteiger partial charge in [0.2, 0.25) is 0 Å². The summed E-state index contributed by atoms with van der Waals surface area (Å²) in [6, 6.07) is 14.0. The van der Waals surface area contributed by atoms with E-state index in [0.29, 0.717) is 12.1 Å². The molecule has 0 bridgehead atoms. The molecule has 0 aliphatic carbocycles. The lowest BCUT2D eigenvalue weighted by molar-refractivity contribution is -0.150. The third-order valence-electron chi connectivity index (χ3n) is 5.27. The van der Waals surface area contributed by atoms with Crippen LogP contribution < -0.4 is 10.2 Å². The van der Waals surface area contributed by atoms with Crippen LogP contribution in [0, 0.1) is 12.8 Å². The van der Waals surface area contributed by atoms with Crippen molar-refractivity contribution in [1.29, 1.82) is 0 Å². The highest BCUT2D eigenvalue weighted by Gasteiger charge is 2.28. The average Bonchev–Trinajstić information content (AvgIpc) is 2.75. The van der Waals surface area contributed by atoms with E-state index in [-0.39, 0.29) is 24.3 Å². The van der Waals surface area contributed by atoms with Gasteiger partial charge < -0.3 is 15.0 Å². The Morgan fingerprint density at radius 3 is 2.47 bits per heavy atom. The minimum Gasteiger partial charge on any atom is -0.454 e. The second-order valence-corrected chi connectivity index (χ2v) is 7.95. The zero-order valence-corrected chi connectivity index (χ0v) is 17.7. The standard InChI is InChI=1S/C24H28N2O4/c1-16(2)22(25-23(28)19-12-10-17(3)11-13-19)24(29)30-15-21(27)26-14-6-8-18-7-4-5-9-20(18)26/h4-5,7,9-13,16,22H,6,8,14-15H2,1-3H3,(H,25,28)/t22-/m0/s1. The van der Waals surface area contributed by atoms with Gasteiger partial charge >= 0.3 is 5.97 Å². The fourth-order valence-corrected chi connectivity index (χ4v) is 3.52. The summed E-state index contributed by atoms with van der Waals surface area (Å²) < 4.78 is 5.31. The van der Waals surface area contributed by atoms with Crippen molar-refractivity contribution in [2.45, 2.75) is 39.7 Å². The molecule has 6 nitrogen and oxygen atoms in total. The molecule has 6 heteroatoms. The number of benzene rings is 2. The normalized spacial score (nSPS) is 14.1. The van der Waals surface area contributed by atoms with Crippen LogP contribution in [0.5, 0.6) is 0 Å². The SMILES string of the molecule is Cc1ccc(C(=O)N[C@H](C(=O)OCC(=O)N2CCCc3ccccc32)C(C)C)cc1. The lowest BCUT2D eigenvalue weighted by Gasteiger charge is -2.29. The molecule has 1 atom stereocenters. The van der Waals surface area contributed by atoms with Gasteiger partial charge in [-0.05, 0) is 49.4 Å². The quantitative estimate of drug-likeness (QED) is 0.745. The second-order valence-electron chi connectivity index (χ2n) is 7.95. The molecular weight excluding hydrogens is 380 g/mol.